The molecule has 0 aliphatic carbocycles. The lowest BCUT2D eigenvalue weighted by Gasteiger charge is -2.24. The molecule has 0 aromatic heterocycles. The van der Waals surface area contributed by atoms with Gasteiger partial charge in [0, 0.05) is 12.8 Å². The van der Waals surface area contributed by atoms with E-state index >= 15 is 0 Å². The minimum absolute atomic E-state index is 0.000737. The molecule has 61 heavy (non-hydrogen) atoms. The number of hydrogen-bond donors (Lipinski definition) is 2. The number of allylic oxidation sites excluding steroid dienone is 15. The second-order valence-electron chi connectivity index (χ2n) is 16.3. The van der Waals surface area contributed by atoms with Crippen molar-refractivity contribution < 1.29 is 47.2 Å². The minimum atomic E-state index is -4.45. The first-order chi connectivity index (χ1) is 29.4. The van der Waals surface area contributed by atoms with E-state index in [1.54, 1.807) is 12.2 Å². The normalized spacial score (nSPS) is 14.9. The van der Waals surface area contributed by atoms with Crippen LogP contribution in [0.5, 0.6) is 0 Å². The molecular weight excluding hydrogens is 790 g/mol. The Morgan fingerprint density at radius 2 is 1.08 bits per heavy atom. The van der Waals surface area contributed by atoms with Gasteiger partial charge in [0.1, 0.15) is 19.8 Å². The highest BCUT2D eigenvalue weighted by molar-refractivity contribution is 7.47. The summed E-state index contributed by atoms with van der Waals surface area (Å²) in [5.41, 5.74) is 0. The van der Waals surface area contributed by atoms with Gasteiger partial charge in [-0.3, -0.25) is 18.6 Å². The van der Waals surface area contributed by atoms with E-state index in [0.29, 0.717) is 30.3 Å². The van der Waals surface area contributed by atoms with Crippen LogP contribution in [0, 0.1) is 0 Å². The Balaban J connectivity index is 4.61. The second-order valence-corrected chi connectivity index (χ2v) is 17.7. The molecule has 2 N–H and O–H groups in total. The minimum Gasteiger partial charge on any atom is -0.462 e. The molecule has 3 atom stereocenters. The van der Waals surface area contributed by atoms with E-state index < -0.39 is 38.6 Å². The van der Waals surface area contributed by atoms with Crippen LogP contribution in [-0.2, 0) is 32.7 Å². The van der Waals surface area contributed by atoms with Crippen LogP contribution in [0.4, 0.5) is 0 Å². The fourth-order valence-corrected chi connectivity index (χ4v) is 6.25. The third-order valence-corrected chi connectivity index (χ3v) is 10.2. The van der Waals surface area contributed by atoms with Gasteiger partial charge in [-0.1, -0.05) is 143 Å². The third kappa shape index (κ3) is 44.7. The van der Waals surface area contributed by atoms with Gasteiger partial charge in [-0.2, -0.15) is 0 Å². The van der Waals surface area contributed by atoms with E-state index in [0.717, 1.165) is 57.8 Å². The molecule has 0 heterocycles. The summed E-state index contributed by atoms with van der Waals surface area (Å²) < 4.78 is 34.1. The first kappa shape index (κ1) is 57.9. The Labute approximate surface area is 371 Å². The van der Waals surface area contributed by atoms with Gasteiger partial charge in [0.2, 0.25) is 0 Å². The lowest BCUT2D eigenvalue weighted by Crippen LogP contribution is -2.37. The van der Waals surface area contributed by atoms with Crippen molar-refractivity contribution >= 4 is 19.8 Å². The SMILES string of the molecule is CCCCC/C=C\C/C=C\C/C=C\C=C\[C@H](O)CCCC(=O)O[C@H](COC(=O)CCCCC/C=C\C/C=C\C/C=C\C/C=C\CCCCC)COP(=O)(O)OCC[N+](C)(C)C. The van der Waals surface area contributed by atoms with E-state index in [4.69, 9.17) is 18.5 Å². The zero-order valence-electron chi connectivity index (χ0n) is 38.7. The molecule has 0 saturated carbocycles. The Kier molecular flexibility index (Phi) is 38.8. The lowest BCUT2D eigenvalue weighted by atomic mass is 10.1. The summed E-state index contributed by atoms with van der Waals surface area (Å²) in [6, 6.07) is 0. The number of likely N-dealkylation sites (N-methyl/N-ethyl adjacent to an activating group) is 1. The number of esters is 2. The van der Waals surface area contributed by atoms with Crippen molar-refractivity contribution in [1.82, 2.24) is 0 Å². The van der Waals surface area contributed by atoms with E-state index in [1.165, 1.54) is 44.9 Å². The molecule has 0 fully saturated rings. The molecule has 348 valence electrons. The van der Waals surface area contributed by atoms with Gasteiger partial charge in [0.25, 0.3) is 0 Å². The number of quaternary nitrogens is 1. The second kappa shape index (κ2) is 40.9. The van der Waals surface area contributed by atoms with Crippen molar-refractivity contribution in [2.75, 3.05) is 47.5 Å². The van der Waals surface area contributed by atoms with Crippen LogP contribution >= 0.6 is 7.82 Å². The quantitative estimate of drug-likeness (QED) is 0.0154. The molecule has 11 heteroatoms. The summed E-state index contributed by atoms with van der Waals surface area (Å²) in [5.74, 6) is -1.05. The smallest absolute Gasteiger partial charge is 0.462 e. The number of hydrogen-bond acceptors (Lipinski definition) is 8. The highest BCUT2D eigenvalue weighted by Crippen LogP contribution is 2.43. The number of unbranched alkanes of at least 4 members (excludes halogenated alkanes) is 9. The molecule has 0 aliphatic heterocycles. The van der Waals surface area contributed by atoms with Gasteiger partial charge in [-0.15, -0.1) is 0 Å². The molecule has 0 aromatic rings. The first-order valence-electron chi connectivity index (χ1n) is 23.1. The van der Waals surface area contributed by atoms with Gasteiger partial charge in [0.05, 0.1) is 33.9 Å². The predicted molar refractivity (Wildman–Crippen MR) is 253 cm³/mol. The zero-order chi connectivity index (χ0) is 45.1. The highest BCUT2D eigenvalue weighted by atomic mass is 31.2. The summed E-state index contributed by atoms with van der Waals surface area (Å²) in [7, 11) is 1.32. The monoisotopic (exact) mass is 875 g/mol. The Hall–Kier alpha value is -3.11. The standard InChI is InChI=1S/C50H84NO9P/c1-6-8-10-12-14-16-18-20-21-22-23-24-25-27-29-31-33-35-37-41-49(53)57-45-48(46-59-61(55,56)58-44-43-51(3,4)5)60-50(54)42-38-40-47(52)39-36-34-32-30-28-26-19-17-15-13-11-9-7-2/h14-17,20-21,23-24,26-29,32,34,36,39,47-48,52H,6-13,18-19,22,25,30-31,33,35,37-38,40-46H2,1-5H3/p+1/b16-14-,17-15-,21-20-,24-23-,28-26-,29-27-,34-32-,39-36+/t47-,48+/m0/s1. The van der Waals surface area contributed by atoms with E-state index in [1.807, 2.05) is 33.3 Å². The number of nitrogens with zero attached hydrogens (tertiary/aromatic N) is 1. The summed E-state index contributed by atoms with van der Waals surface area (Å²) in [5, 5.41) is 10.3. The molecule has 1 unspecified atom stereocenters. The van der Waals surface area contributed by atoms with Gasteiger partial charge < -0.3 is 24.0 Å². The number of aliphatic hydroxyl groups excluding tert-OH is 1. The average molecular weight is 875 g/mol. The van der Waals surface area contributed by atoms with E-state index in [9.17, 15) is 24.2 Å². The van der Waals surface area contributed by atoms with Crippen molar-refractivity contribution in [3.63, 3.8) is 0 Å². The lowest BCUT2D eigenvalue weighted by molar-refractivity contribution is -0.870. The number of ether oxygens (including phenoxy) is 2. The number of phosphoric ester groups is 1. The molecule has 0 aliphatic rings. The van der Waals surface area contributed by atoms with Gasteiger partial charge in [0.15, 0.2) is 6.10 Å². The number of aliphatic hydroxyl groups is 1. The fraction of sp³-hybridized carbons (Fsp3) is 0.640. The maximum atomic E-state index is 12.7. The van der Waals surface area contributed by atoms with Crippen molar-refractivity contribution in [3.8, 4) is 0 Å². The molecule has 0 rings (SSSR count). The van der Waals surface area contributed by atoms with Crippen LogP contribution < -0.4 is 0 Å². The van der Waals surface area contributed by atoms with Crippen LogP contribution in [0.25, 0.3) is 0 Å². The van der Waals surface area contributed by atoms with Crippen LogP contribution in [0.15, 0.2) is 97.2 Å². The summed E-state index contributed by atoms with van der Waals surface area (Å²) in [4.78, 5) is 35.4. The van der Waals surface area contributed by atoms with Gasteiger partial charge in [-0.25, -0.2) is 4.57 Å². The molecule has 0 amide bonds. The molecule has 0 spiro atoms. The third-order valence-electron chi connectivity index (χ3n) is 9.19. The highest BCUT2D eigenvalue weighted by Gasteiger charge is 2.27. The average Bonchev–Trinajstić information content (AvgIpc) is 3.21. The van der Waals surface area contributed by atoms with E-state index in [2.05, 4.69) is 86.8 Å². The Bertz CT molecular complexity index is 1370. The molecule has 10 nitrogen and oxygen atoms in total. The largest absolute Gasteiger partial charge is 0.472 e. The van der Waals surface area contributed by atoms with Crippen LogP contribution in [0.3, 0.4) is 0 Å². The van der Waals surface area contributed by atoms with Gasteiger partial charge >= 0.3 is 19.8 Å². The predicted octanol–water partition coefficient (Wildman–Crippen LogP) is 12.3. The molecule has 0 saturated heterocycles. The van der Waals surface area contributed by atoms with Crippen LogP contribution in [-0.4, -0.2) is 86.1 Å². The molecule has 0 bridgehead atoms. The summed E-state index contributed by atoms with van der Waals surface area (Å²) in [6.07, 6.45) is 50.6. The number of rotatable bonds is 40. The van der Waals surface area contributed by atoms with Crippen molar-refractivity contribution in [1.29, 1.82) is 0 Å². The zero-order valence-corrected chi connectivity index (χ0v) is 39.6. The first-order valence-corrected chi connectivity index (χ1v) is 24.6. The maximum absolute atomic E-state index is 12.7. The molecular formula is C50H85NO9P+. The molecule has 0 radical (unpaired) electrons. The Morgan fingerprint density at radius 1 is 0.590 bits per heavy atom. The van der Waals surface area contributed by atoms with Crippen LogP contribution in [0.2, 0.25) is 0 Å². The maximum Gasteiger partial charge on any atom is 0.472 e. The summed E-state index contributed by atoms with van der Waals surface area (Å²) >= 11 is 0. The van der Waals surface area contributed by atoms with Crippen molar-refractivity contribution in [2.24, 2.45) is 0 Å². The van der Waals surface area contributed by atoms with Crippen molar-refractivity contribution in [3.05, 3.63) is 97.2 Å². The topological polar surface area (TPSA) is 129 Å². The number of carbonyl (C=O) groups excluding carboxylic acids is 2. The fourth-order valence-electron chi connectivity index (χ4n) is 5.51. The van der Waals surface area contributed by atoms with Crippen LogP contribution in [0.1, 0.15) is 149 Å². The van der Waals surface area contributed by atoms with Crippen molar-refractivity contribution in [2.45, 2.75) is 161 Å². The molecule has 0 aromatic carbocycles. The number of phosphoric acid groups is 1. The summed E-state index contributed by atoms with van der Waals surface area (Å²) in [6.45, 7) is 4.07. The van der Waals surface area contributed by atoms with Gasteiger partial charge in [-0.05, 0) is 89.9 Å². The van der Waals surface area contributed by atoms with E-state index in [-0.39, 0.29) is 26.1 Å². The Morgan fingerprint density at radius 3 is 1.61 bits per heavy atom. The number of carbonyl (C=O) groups is 2.